The third-order valence-corrected chi connectivity index (χ3v) is 7.26. The first-order valence-electron chi connectivity index (χ1n) is 11.1. The topological polar surface area (TPSA) is 96.0 Å². The minimum Gasteiger partial charge on any atom is -0.495 e. The first-order chi connectivity index (χ1) is 16.5. The molecule has 0 aliphatic carbocycles. The number of para-hydroxylation sites is 2. The number of ether oxygens (including phenoxy) is 1. The standard InChI is InChI=1S/C24H31Cl2N3O5S/c1-5-20(24(31)27-2)28(16-17-12-13-18(25)15-19(17)26)23(30)11-8-14-29(35(4,32)33)21-9-6-7-10-22(21)34-3/h6-7,9-10,12-13,15,20H,5,8,11,14,16H2,1-4H3,(H,27,31)/t20-/m1/s1. The van der Waals surface area contributed by atoms with Crippen LogP contribution in [0.25, 0.3) is 0 Å². The average Bonchev–Trinajstić information content (AvgIpc) is 2.81. The number of hydrogen-bond donors (Lipinski definition) is 1. The summed E-state index contributed by atoms with van der Waals surface area (Å²) in [6.45, 7) is 2.00. The van der Waals surface area contributed by atoms with Gasteiger partial charge < -0.3 is 15.0 Å². The number of rotatable bonds is 12. The van der Waals surface area contributed by atoms with Gasteiger partial charge in [0.25, 0.3) is 0 Å². The third-order valence-electron chi connectivity index (χ3n) is 5.49. The second kappa shape index (κ2) is 13.0. The number of amides is 2. The van der Waals surface area contributed by atoms with Gasteiger partial charge in [-0.05, 0) is 42.7 Å². The maximum Gasteiger partial charge on any atom is 0.242 e. The summed E-state index contributed by atoms with van der Waals surface area (Å²) in [6, 6.07) is 11.0. The fraction of sp³-hybridized carbons (Fsp3) is 0.417. The molecule has 8 nitrogen and oxygen atoms in total. The number of hydrogen-bond acceptors (Lipinski definition) is 5. The number of nitrogens with zero attached hydrogens (tertiary/aromatic N) is 2. The molecule has 0 aromatic heterocycles. The van der Waals surface area contributed by atoms with E-state index in [1.54, 1.807) is 42.5 Å². The fourth-order valence-electron chi connectivity index (χ4n) is 3.74. The Morgan fingerprint density at radius 1 is 1.14 bits per heavy atom. The second-order valence-electron chi connectivity index (χ2n) is 7.91. The van der Waals surface area contributed by atoms with Gasteiger partial charge in [-0.25, -0.2) is 8.42 Å². The Morgan fingerprint density at radius 2 is 1.83 bits per heavy atom. The van der Waals surface area contributed by atoms with E-state index in [2.05, 4.69) is 5.32 Å². The van der Waals surface area contributed by atoms with Crippen molar-refractivity contribution in [1.82, 2.24) is 10.2 Å². The number of anilines is 1. The lowest BCUT2D eigenvalue weighted by atomic mass is 10.1. The Bertz CT molecular complexity index is 1140. The molecule has 0 radical (unpaired) electrons. The van der Waals surface area contributed by atoms with Gasteiger partial charge in [0.1, 0.15) is 11.8 Å². The van der Waals surface area contributed by atoms with E-state index in [0.29, 0.717) is 33.5 Å². The van der Waals surface area contributed by atoms with Crippen LogP contribution >= 0.6 is 23.2 Å². The van der Waals surface area contributed by atoms with E-state index < -0.39 is 16.1 Å². The molecule has 2 amide bonds. The van der Waals surface area contributed by atoms with Gasteiger partial charge in [0.15, 0.2) is 0 Å². The number of likely N-dealkylation sites (N-methyl/N-ethyl adjacent to an activating group) is 1. The molecule has 0 heterocycles. The van der Waals surface area contributed by atoms with E-state index in [0.717, 1.165) is 6.26 Å². The molecule has 0 spiro atoms. The van der Waals surface area contributed by atoms with Crippen LogP contribution in [0, 0.1) is 0 Å². The molecule has 1 atom stereocenters. The first kappa shape index (κ1) is 28.7. The summed E-state index contributed by atoms with van der Waals surface area (Å²) < 4.78 is 31.5. The zero-order chi connectivity index (χ0) is 26.2. The van der Waals surface area contributed by atoms with Crippen molar-refractivity contribution in [2.45, 2.75) is 38.8 Å². The molecule has 0 unspecified atom stereocenters. The number of halogens is 2. The molecule has 0 saturated carbocycles. The van der Waals surface area contributed by atoms with E-state index >= 15 is 0 Å². The number of nitrogens with one attached hydrogen (secondary N) is 1. The van der Waals surface area contributed by atoms with E-state index in [1.165, 1.54) is 23.4 Å². The zero-order valence-electron chi connectivity index (χ0n) is 20.3. The summed E-state index contributed by atoms with van der Waals surface area (Å²) in [5, 5.41) is 3.46. The smallest absolute Gasteiger partial charge is 0.242 e. The minimum atomic E-state index is -3.63. The lowest BCUT2D eigenvalue weighted by molar-refractivity contribution is -0.141. The Hall–Kier alpha value is -2.49. The number of benzene rings is 2. The van der Waals surface area contributed by atoms with Crippen molar-refractivity contribution in [2.24, 2.45) is 0 Å². The SMILES string of the molecule is CC[C@H](C(=O)NC)N(Cc1ccc(Cl)cc1Cl)C(=O)CCCN(c1ccccc1OC)S(C)(=O)=O. The molecular formula is C24H31Cl2N3O5S. The van der Waals surface area contributed by atoms with Crippen LogP contribution in [-0.4, -0.2) is 58.1 Å². The first-order valence-corrected chi connectivity index (χ1v) is 13.7. The van der Waals surface area contributed by atoms with Crippen molar-refractivity contribution in [2.75, 3.05) is 31.3 Å². The highest BCUT2D eigenvalue weighted by atomic mass is 35.5. The van der Waals surface area contributed by atoms with Crippen molar-refractivity contribution in [3.05, 3.63) is 58.1 Å². The summed E-state index contributed by atoms with van der Waals surface area (Å²) in [7, 11) is -0.652. The van der Waals surface area contributed by atoms with Crippen molar-refractivity contribution < 1.29 is 22.7 Å². The number of methoxy groups -OCH3 is 1. The van der Waals surface area contributed by atoms with Gasteiger partial charge in [-0.1, -0.05) is 48.3 Å². The molecule has 192 valence electrons. The number of sulfonamides is 1. The zero-order valence-corrected chi connectivity index (χ0v) is 22.6. The van der Waals surface area contributed by atoms with E-state index in [9.17, 15) is 18.0 Å². The fourth-order valence-corrected chi connectivity index (χ4v) is 5.17. The Morgan fingerprint density at radius 3 is 2.40 bits per heavy atom. The highest BCUT2D eigenvalue weighted by molar-refractivity contribution is 7.92. The Kier molecular flexibility index (Phi) is 10.7. The second-order valence-corrected chi connectivity index (χ2v) is 10.7. The maximum absolute atomic E-state index is 13.3. The van der Waals surface area contributed by atoms with E-state index in [-0.39, 0.29) is 37.7 Å². The normalized spacial score (nSPS) is 12.1. The van der Waals surface area contributed by atoms with Gasteiger partial charge >= 0.3 is 0 Å². The van der Waals surface area contributed by atoms with Crippen LogP contribution in [0.5, 0.6) is 5.75 Å². The summed E-state index contributed by atoms with van der Waals surface area (Å²) in [5.41, 5.74) is 1.05. The van der Waals surface area contributed by atoms with Crippen LogP contribution < -0.4 is 14.4 Å². The lowest BCUT2D eigenvalue weighted by Crippen LogP contribution is -2.48. The Balaban J connectivity index is 2.25. The predicted molar refractivity (Wildman–Crippen MR) is 140 cm³/mol. The van der Waals surface area contributed by atoms with Crippen LogP contribution in [0.15, 0.2) is 42.5 Å². The van der Waals surface area contributed by atoms with Gasteiger partial charge in [0, 0.05) is 36.6 Å². The molecule has 35 heavy (non-hydrogen) atoms. The molecule has 2 aromatic carbocycles. The highest BCUT2D eigenvalue weighted by Gasteiger charge is 2.29. The molecule has 2 aromatic rings. The van der Waals surface area contributed by atoms with E-state index in [4.69, 9.17) is 27.9 Å². The van der Waals surface area contributed by atoms with Crippen LogP contribution in [0.2, 0.25) is 10.0 Å². The number of carbonyl (C=O) groups excluding carboxylic acids is 2. The molecule has 1 N–H and O–H groups in total. The predicted octanol–water partition coefficient (Wildman–Crippen LogP) is 4.10. The van der Waals surface area contributed by atoms with Crippen molar-refractivity contribution in [1.29, 1.82) is 0 Å². The average molecular weight is 545 g/mol. The molecule has 2 rings (SSSR count). The number of carbonyl (C=O) groups is 2. The van der Waals surface area contributed by atoms with Crippen LogP contribution in [0.3, 0.4) is 0 Å². The van der Waals surface area contributed by atoms with Gasteiger partial charge in [-0.15, -0.1) is 0 Å². The molecule has 0 saturated heterocycles. The van der Waals surface area contributed by atoms with Gasteiger partial charge in [-0.3, -0.25) is 13.9 Å². The molecular weight excluding hydrogens is 513 g/mol. The maximum atomic E-state index is 13.3. The van der Waals surface area contributed by atoms with Crippen molar-refractivity contribution in [3.63, 3.8) is 0 Å². The van der Waals surface area contributed by atoms with Crippen LogP contribution in [0.4, 0.5) is 5.69 Å². The summed E-state index contributed by atoms with van der Waals surface area (Å²) in [4.78, 5) is 27.3. The largest absolute Gasteiger partial charge is 0.495 e. The summed E-state index contributed by atoms with van der Waals surface area (Å²) >= 11 is 12.3. The monoisotopic (exact) mass is 543 g/mol. The van der Waals surface area contributed by atoms with Crippen LogP contribution in [0.1, 0.15) is 31.7 Å². The summed E-state index contributed by atoms with van der Waals surface area (Å²) in [5.74, 6) is -0.174. The molecule has 0 aliphatic heterocycles. The Labute approximate surface area is 217 Å². The summed E-state index contributed by atoms with van der Waals surface area (Å²) in [6.07, 6.45) is 1.76. The third kappa shape index (κ3) is 7.75. The van der Waals surface area contributed by atoms with Crippen molar-refractivity contribution >= 4 is 50.7 Å². The van der Waals surface area contributed by atoms with E-state index in [1.807, 2.05) is 6.92 Å². The van der Waals surface area contributed by atoms with Gasteiger partial charge in [0.2, 0.25) is 21.8 Å². The minimum absolute atomic E-state index is 0.0277. The molecule has 0 bridgehead atoms. The highest BCUT2D eigenvalue weighted by Crippen LogP contribution is 2.30. The molecule has 0 fully saturated rings. The molecule has 0 aliphatic rings. The van der Waals surface area contributed by atoms with Gasteiger partial charge in [0.05, 0.1) is 19.1 Å². The van der Waals surface area contributed by atoms with Crippen molar-refractivity contribution in [3.8, 4) is 5.75 Å². The van der Waals surface area contributed by atoms with Crippen LogP contribution in [-0.2, 0) is 26.2 Å². The lowest BCUT2D eigenvalue weighted by Gasteiger charge is -2.31. The van der Waals surface area contributed by atoms with Gasteiger partial charge in [-0.2, -0.15) is 0 Å². The molecule has 11 heteroatoms. The quantitative estimate of drug-likeness (QED) is 0.434.